The topological polar surface area (TPSA) is 119 Å². The molecule has 0 amide bonds. The molecule has 0 aliphatic carbocycles. The van der Waals surface area contributed by atoms with E-state index in [1.165, 1.54) is 0 Å². The fourth-order valence-corrected chi connectivity index (χ4v) is 1.03. The van der Waals surface area contributed by atoms with Gasteiger partial charge in [-0.3, -0.25) is 0 Å². The molecule has 1 aliphatic rings. The smallest absolute Gasteiger partial charge is 0.165 e. The average Bonchev–Trinajstić information content (AvgIpc) is 2.33. The van der Waals surface area contributed by atoms with Gasteiger partial charge in [-0.05, 0) is 5.53 Å². The molecule has 7 nitrogen and oxygen atoms in total. The maximum atomic E-state index is 9.14. The molecule has 4 atom stereocenters. The van der Waals surface area contributed by atoms with Crippen molar-refractivity contribution < 1.29 is 20.1 Å². The largest absolute Gasteiger partial charge is 0.394 e. The van der Waals surface area contributed by atoms with Crippen LogP contribution >= 0.6 is 0 Å². The Balaban J connectivity index is 2.66. The Morgan fingerprint density at radius 3 is 2.50 bits per heavy atom. The molecule has 0 aromatic rings. The lowest BCUT2D eigenvalue weighted by atomic mass is 10.1. The SMILES string of the molecule is [N-]=[N+]=NC1O[C@@H](CO)[C@H](O)[C@H]1O. The van der Waals surface area contributed by atoms with Crippen LogP contribution in [0.5, 0.6) is 0 Å². The quantitative estimate of drug-likeness (QED) is 0.275. The Morgan fingerprint density at radius 1 is 1.42 bits per heavy atom. The van der Waals surface area contributed by atoms with Crippen LogP contribution < -0.4 is 0 Å². The molecule has 3 N–H and O–H groups in total. The van der Waals surface area contributed by atoms with E-state index in [-0.39, 0.29) is 0 Å². The van der Waals surface area contributed by atoms with Crippen molar-refractivity contribution in [1.29, 1.82) is 0 Å². The van der Waals surface area contributed by atoms with E-state index in [9.17, 15) is 0 Å². The van der Waals surface area contributed by atoms with Crippen LogP contribution in [0.4, 0.5) is 0 Å². The molecule has 0 radical (unpaired) electrons. The van der Waals surface area contributed by atoms with E-state index in [4.69, 9.17) is 25.6 Å². The monoisotopic (exact) mass is 175 g/mol. The van der Waals surface area contributed by atoms with Gasteiger partial charge >= 0.3 is 0 Å². The lowest BCUT2D eigenvalue weighted by Crippen LogP contribution is -2.33. The van der Waals surface area contributed by atoms with Crippen LogP contribution in [0.25, 0.3) is 10.4 Å². The summed E-state index contributed by atoms with van der Waals surface area (Å²) in [6.07, 6.45) is -4.46. The normalized spacial score (nSPS) is 40.9. The van der Waals surface area contributed by atoms with E-state index in [0.717, 1.165) is 0 Å². The van der Waals surface area contributed by atoms with Gasteiger partial charge in [0.25, 0.3) is 0 Å². The summed E-state index contributed by atoms with van der Waals surface area (Å²) in [5, 5.41) is 30.0. The zero-order valence-corrected chi connectivity index (χ0v) is 6.11. The standard InChI is InChI=1S/C5H9N3O4/c6-8-7-5-4(11)3(10)2(1-9)12-5/h2-5,9-11H,1H2/t2-,3-,4+,5?/m0/s1. The molecule has 0 aromatic carbocycles. The minimum atomic E-state index is -1.27. The van der Waals surface area contributed by atoms with Crippen LogP contribution in [-0.4, -0.2) is 46.5 Å². The first-order valence-electron chi connectivity index (χ1n) is 3.37. The van der Waals surface area contributed by atoms with Gasteiger partial charge in [0, 0.05) is 4.91 Å². The van der Waals surface area contributed by atoms with E-state index in [1.54, 1.807) is 0 Å². The second-order valence-electron chi connectivity index (χ2n) is 2.43. The summed E-state index contributed by atoms with van der Waals surface area (Å²) >= 11 is 0. The number of azide groups is 1. The Labute approximate surface area is 67.8 Å². The number of hydrogen-bond acceptors (Lipinski definition) is 5. The van der Waals surface area contributed by atoms with E-state index in [2.05, 4.69) is 10.0 Å². The van der Waals surface area contributed by atoms with Crippen LogP contribution in [0, 0.1) is 0 Å². The van der Waals surface area contributed by atoms with Crippen LogP contribution in [-0.2, 0) is 4.74 Å². The molecule has 1 rings (SSSR count). The lowest BCUT2D eigenvalue weighted by molar-refractivity contribution is -0.0198. The van der Waals surface area contributed by atoms with E-state index in [1.807, 2.05) is 0 Å². The summed E-state index contributed by atoms with van der Waals surface area (Å²) in [5.74, 6) is 0. The highest BCUT2D eigenvalue weighted by molar-refractivity contribution is 4.88. The third kappa shape index (κ3) is 1.50. The molecule has 12 heavy (non-hydrogen) atoms. The Kier molecular flexibility index (Phi) is 2.85. The summed E-state index contributed by atoms with van der Waals surface area (Å²) in [4.78, 5) is 2.42. The molecule has 1 unspecified atom stereocenters. The van der Waals surface area contributed by atoms with Crippen molar-refractivity contribution in [3.8, 4) is 0 Å². The van der Waals surface area contributed by atoms with Crippen molar-refractivity contribution in [1.82, 2.24) is 0 Å². The number of ether oxygens (including phenoxy) is 1. The molecule has 0 bridgehead atoms. The second-order valence-corrected chi connectivity index (χ2v) is 2.43. The zero-order valence-electron chi connectivity index (χ0n) is 6.11. The number of aliphatic hydroxyl groups is 3. The minimum absolute atomic E-state index is 0.421. The predicted molar refractivity (Wildman–Crippen MR) is 36.9 cm³/mol. The Hall–Kier alpha value is -0.850. The second kappa shape index (κ2) is 3.70. The number of nitrogens with zero attached hydrogens (tertiary/aromatic N) is 3. The van der Waals surface area contributed by atoms with E-state index >= 15 is 0 Å². The van der Waals surface area contributed by atoms with Crippen molar-refractivity contribution in [3.05, 3.63) is 10.4 Å². The Bertz CT molecular complexity index is 205. The summed E-state index contributed by atoms with van der Waals surface area (Å²) in [5.41, 5.74) is 8.01. The van der Waals surface area contributed by atoms with Gasteiger partial charge in [0.15, 0.2) is 6.23 Å². The van der Waals surface area contributed by atoms with Crippen LogP contribution in [0.15, 0.2) is 5.11 Å². The average molecular weight is 175 g/mol. The van der Waals surface area contributed by atoms with Gasteiger partial charge in [-0.15, -0.1) is 0 Å². The van der Waals surface area contributed by atoms with Gasteiger partial charge in [-0.2, -0.15) is 0 Å². The molecular formula is C5H9N3O4. The molecule has 68 valence electrons. The van der Waals surface area contributed by atoms with E-state index in [0.29, 0.717) is 0 Å². The van der Waals surface area contributed by atoms with Crippen LogP contribution in [0.2, 0.25) is 0 Å². The fourth-order valence-electron chi connectivity index (χ4n) is 1.03. The van der Waals surface area contributed by atoms with Gasteiger partial charge in [0.1, 0.15) is 18.3 Å². The maximum absolute atomic E-state index is 9.14. The zero-order chi connectivity index (χ0) is 9.14. The highest BCUT2D eigenvalue weighted by Crippen LogP contribution is 2.21. The van der Waals surface area contributed by atoms with Gasteiger partial charge in [-0.25, -0.2) is 0 Å². The molecule has 1 heterocycles. The fraction of sp³-hybridized carbons (Fsp3) is 1.00. The molecule has 0 saturated carbocycles. The third-order valence-corrected chi connectivity index (χ3v) is 1.68. The van der Waals surface area contributed by atoms with Gasteiger partial charge in [-0.1, -0.05) is 5.11 Å². The van der Waals surface area contributed by atoms with Gasteiger partial charge in [0.05, 0.1) is 6.61 Å². The van der Waals surface area contributed by atoms with Crippen molar-refractivity contribution in [3.63, 3.8) is 0 Å². The van der Waals surface area contributed by atoms with Crippen molar-refractivity contribution in [2.75, 3.05) is 6.61 Å². The molecule has 7 heteroatoms. The third-order valence-electron chi connectivity index (χ3n) is 1.68. The summed E-state index contributed by atoms with van der Waals surface area (Å²) < 4.78 is 4.81. The molecule has 0 aromatic heterocycles. The molecule has 1 aliphatic heterocycles. The summed E-state index contributed by atoms with van der Waals surface area (Å²) in [7, 11) is 0. The van der Waals surface area contributed by atoms with E-state index < -0.39 is 31.1 Å². The lowest BCUT2D eigenvalue weighted by Gasteiger charge is -2.10. The van der Waals surface area contributed by atoms with Crippen LogP contribution in [0.3, 0.4) is 0 Å². The first-order valence-corrected chi connectivity index (χ1v) is 3.37. The highest BCUT2D eigenvalue weighted by Gasteiger charge is 2.41. The minimum Gasteiger partial charge on any atom is -0.394 e. The summed E-state index contributed by atoms with van der Waals surface area (Å²) in [6.45, 7) is -0.421. The van der Waals surface area contributed by atoms with Crippen LogP contribution in [0.1, 0.15) is 0 Å². The number of aliphatic hydroxyl groups excluding tert-OH is 3. The summed E-state index contributed by atoms with van der Waals surface area (Å²) in [6, 6.07) is 0. The van der Waals surface area contributed by atoms with Gasteiger partial charge < -0.3 is 20.1 Å². The number of hydrogen-bond donors (Lipinski definition) is 3. The molecule has 0 spiro atoms. The molecular weight excluding hydrogens is 166 g/mol. The van der Waals surface area contributed by atoms with Crippen molar-refractivity contribution >= 4 is 0 Å². The maximum Gasteiger partial charge on any atom is 0.165 e. The highest BCUT2D eigenvalue weighted by atomic mass is 16.6. The Morgan fingerprint density at radius 2 is 2.08 bits per heavy atom. The predicted octanol–water partition coefficient (Wildman–Crippen LogP) is -1.26. The first-order chi connectivity index (χ1) is 5.70. The number of rotatable bonds is 2. The molecule has 1 fully saturated rings. The van der Waals surface area contributed by atoms with Gasteiger partial charge in [0.2, 0.25) is 0 Å². The van der Waals surface area contributed by atoms with Crippen molar-refractivity contribution in [2.24, 2.45) is 5.11 Å². The van der Waals surface area contributed by atoms with Crippen molar-refractivity contribution in [2.45, 2.75) is 24.5 Å². The first kappa shape index (κ1) is 9.24. The molecule has 1 saturated heterocycles.